The molecule has 9 nitrogen and oxygen atoms in total. The van der Waals surface area contributed by atoms with Gasteiger partial charge in [0.05, 0.1) is 12.4 Å². The van der Waals surface area contributed by atoms with Crippen molar-refractivity contribution in [2.75, 3.05) is 11.9 Å². The molecule has 1 aliphatic heterocycles. The molecule has 3 aromatic rings. The molecule has 4 heterocycles. The number of hydrogen-bond donors (Lipinski definition) is 1. The van der Waals surface area contributed by atoms with Gasteiger partial charge in [-0.15, -0.1) is 15.0 Å². The number of amides is 1. The largest absolute Gasteiger partial charge is 0.445 e. The maximum atomic E-state index is 13.4. The van der Waals surface area contributed by atoms with E-state index in [1.54, 1.807) is 17.2 Å². The maximum absolute atomic E-state index is 13.4. The highest BCUT2D eigenvalue weighted by Crippen LogP contribution is 2.34. The number of nitrogens with one attached hydrogen (secondary N) is 1. The van der Waals surface area contributed by atoms with Crippen LogP contribution in [0.3, 0.4) is 0 Å². The first-order valence-electron chi connectivity index (χ1n) is 9.55. The van der Waals surface area contributed by atoms with Gasteiger partial charge in [0.2, 0.25) is 10.1 Å². The number of nitrogens with zero attached hydrogens (tertiary/aromatic N) is 7. The molecule has 1 aliphatic rings. The Balaban J connectivity index is 1.55. The Kier molecular flexibility index (Phi) is 5.60. The normalized spacial score (nSPS) is 19.5. The first-order chi connectivity index (χ1) is 14.7. The van der Waals surface area contributed by atoms with Gasteiger partial charge < -0.3 is 10.2 Å². The molecular weight excluding hydrogens is 433 g/mol. The number of hydrogen-bond acceptors (Lipinski definition) is 8. The van der Waals surface area contributed by atoms with E-state index < -0.39 is 11.2 Å². The zero-order chi connectivity index (χ0) is 22.2. The molecule has 31 heavy (non-hydrogen) atoms. The van der Waals surface area contributed by atoms with E-state index in [1.165, 1.54) is 17.2 Å². The van der Waals surface area contributed by atoms with Crippen molar-refractivity contribution in [3.8, 4) is 5.69 Å². The van der Waals surface area contributed by atoms with Crippen molar-refractivity contribution in [2.45, 2.75) is 44.9 Å². The van der Waals surface area contributed by atoms with Crippen molar-refractivity contribution in [1.82, 2.24) is 35.1 Å². The molecule has 1 N–H and O–H groups in total. The summed E-state index contributed by atoms with van der Waals surface area (Å²) in [5.41, 5.74) is 1.53. The van der Waals surface area contributed by atoms with E-state index >= 15 is 0 Å². The quantitative estimate of drug-likeness (QED) is 0.649. The average molecular weight is 452 g/mol. The van der Waals surface area contributed by atoms with Crippen LogP contribution in [0.15, 0.2) is 24.7 Å². The van der Waals surface area contributed by atoms with Crippen LogP contribution >= 0.6 is 11.3 Å². The maximum Gasteiger partial charge on any atom is 0.445 e. The minimum absolute atomic E-state index is 0.0772. The van der Waals surface area contributed by atoms with Crippen LogP contribution in [0, 0.1) is 6.92 Å². The van der Waals surface area contributed by atoms with Gasteiger partial charge >= 0.3 is 6.18 Å². The fraction of sp³-hybridized carbons (Fsp3) is 0.444. The molecule has 1 saturated heterocycles. The van der Waals surface area contributed by atoms with E-state index in [2.05, 4.69) is 30.7 Å². The van der Waals surface area contributed by atoms with E-state index in [1.807, 2.05) is 13.8 Å². The zero-order valence-corrected chi connectivity index (χ0v) is 17.5. The van der Waals surface area contributed by atoms with Gasteiger partial charge in [0.15, 0.2) is 5.69 Å². The van der Waals surface area contributed by atoms with E-state index in [9.17, 15) is 18.0 Å². The smallest absolute Gasteiger partial charge is 0.355 e. The van der Waals surface area contributed by atoms with Gasteiger partial charge in [-0.2, -0.15) is 23.4 Å². The van der Waals surface area contributed by atoms with Crippen molar-refractivity contribution >= 4 is 22.4 Å². The van der Waals surface area contributed by atoms with Crippen molar-refractivity contribution in [2.24, 2.45) is 0 Å². The van der Waals surface area contributed by atoms with Crippen LogP contribution < -0.4 is 5.32 Å². The first-order valence-corrected chi connectivity index (χ1v) is 10.4. The SMILES string of the molecule is Cc1cnc(C(=O)N2CCCC(Nc3nnc(C(F)(F)F)s3)C2C)c(-n2nccn2)c1. The van der Waals surface area contributed by atoms with Crippen molar-refractivity contribution < 1.29 is 18.0 Å². The van der Waals surface area contributed by atoms with E-state index in [0.717, 1.165) is 5.56 Å². The number of halogens is 3. The van der Waals surface area contributed by atoms with E-state index in [0.29, 0.717) is 36.4 Å². The highest BCUT2D eigenvalue weighted by molar-refractivity contribution is 7.15. The van der Waals surface area contributed by atoms with Crippen LogP contribution in [0.5, 0.6) is 0 Å². The lowest BCUT2D eigenvalue weighted by molar-refractivity contribution is -0.138. The third-order valence-corrected chi connectivity index (χ3v) is 5.97. The van der Waals surface area contributed by atoms with Crippen molar-refractivity contribution in [3.63, 3.8) is 0 Å². The number of likely N-dealkylation sites (tertiary alicyclic amines) is 1. The van der Waals surface area contributed by atoms with Crippen molar-refractivity contribution in [3.05, 3.63) is 40.9 Å². The molecule has 0 radical (unpaired) electrons. The summed E-state index contributed by atoms with van der Waals surface area (Å²) in [6.07, 6.45) is 1.45. The van der Waals surface area contributed by atoms with Gasteiger partial charge in [0.25, 0.3) is 5.91 Å². The molecule has 2 atom stereocenters. The minimum atomic E-state index is -4.54. The van der Waals surface area contributed by atoms with Crippen LogP contribution in [0.1, 0.15) is 40.8 Å². The molecule has 0 aliphatic carbocycles. The molecule has 0 bridgehead atoms. The van der Waals surface area contributed by atoms with E-state index in [-0.39, 0.29) is 28.8 Å². The molecule has 164 valence electrons. The van der Waals surface area contributed by atoms with Gasteiger partial charge in [-0.05, 0) is 38.3 Å². The van der Waals surface area contributed by atoms with Gasteiger partial charge in [0, 0.05) is 24.8 Å². The summed E-state index contributed by atoms with van der Waals surface area (Å²) in [4.78, 5) is 20.7. The van der Waals surface area contributed by atoms with Gasteiger partial charge in [-0.1, -0.05) is 11.3 Å². The molecule has 0 saturated carbocycles. The summed E-state index contributed by atoms with van der Waals surface area (Å²) in [5, 5.41) is 17.1. The first kappa shape index (κ1) is 21.2. The zero-order valence-electron chi connectivity index (χ0n) is 16.7. The number of rotatable bonds is 4. The van der Waals surface area contributed by atoms with Crippen LogP contribution in [0.4, 0.5) is 18.3 Å². The van der Waals surface area contributed by atoms with Gasteiger partial charge in [0.1, 0.15) is 5.69 Å². The number of alkyl halides is 3. The lowest BCUT2D eigenvalue weighted by Gasteiger charge is -2.39. The Labute approximate surface area is 179 Å². The lowest BCUT2D eigenvalue weighted by atomic mass is 9.97. The summed E-state index contributed by atoms with van der Waals surface area (Å²) < 4.78 is 38.4. The molecule has 3 aromatic heterocycles. The molecule has 13 heteroatoms. The number of piperidine rings is 1. The molecule has 1 fully saturated rings. The van der Waals surface area contributed by atoms with Crippen LogP contribution in [-0.4, -0.2) is 59.6 Å². The molecule has 0 aromatic carbocycles. The fourth-order valence-electron chi connectivity index (χ4n) is 3.52. The second-order valence-electron chi connectivity index (χ2n) is 7.24. The van der Waals surface area contributed by atoms with Crippen LogP contribution in [0.2, 0.25) is 0 Å². The molecule has 2 unspecified atom stereocenters. The summed E-state index contributed by atoms with van der Waals surface area (Å²) in [7, 11) is 0. The van der Waals surface area contributed by atoms with Crippen LogP contribution in [-0.2, 0) is 6.18 Å². The number of pyridine rings is 1. The minimum Gasteiger partial charge on any atom is -0.355 e. The number of carbonyl (C=O) groups is 1. The number of anilines is 1. The highest BCUT2D eigenvalue weighted by Gasteiger charge is 2.37. The summed E-state index contributed by atoms with van der Waals surface area (Å²) in [6.45, 7) is 4.21. The second kappa shape index (κ2) is 8.21. The van der Waals surface area contributed by atoms with Crippen LogP contribution in [0.25, 0.3) is 5.69 Å². The fourth-order valence-corrected chi connectivity index (χ4v) is 4.20. The molecule has 4 rings (SSSR count). The highest BCUT2D eigenvalue weighted by atomic mass is 32.1. The molecule has 1 amide bonds. The monoisotopic (exact) mass is 452 g/mol. The number of aryl methyl sites for hydroxylation is 1. The molecular formula is C18H19F3N8OS. The average Bonchev–Trinajstić information content (AvgIpc) is 3.41. The predicted molar refractivity (Wildman–Crippen MR) is 106 cm³/mol. The van der Waals surface area contributed by atoms with E-state index in [4.69, 9.17) is 0 Å². The summed E-state index contributed by atoms with van der Waals surface area (Å²) in [6, 6.07) is 1.20. The topological polar surface area (TPSA) is 102 Å². The number of carbonyl (C=O) groups excluding carboxylic acids is 1. The Morgan fingerprint density at radius 2 is 2.00 bits per heavy atom. The Hall–Kier alpha value is -3.09. The summed E-state index contributed by atoms with van der Waals surface area (Å²) >= 11 is 0.450. The third kappa shape index (κ3) is 4.36. The predicted octanol–water partition coefficient (Wildman–Crippen LogP) is 2.95. The third-order valence-electron chi connectivity index (χ3n) is 5.07. The second-order valence-corrected chi connectivity index (χ2v) is 8.22. The summed E-state index contributed by atoms with van der Waals surface area (Å²) in [5.74, 6) is -0.292. The molecule has 0 spiro atoms. The van der Waals surface area contributed by atoms with Gasteiger partial charge in [-0.25, -0.2) is 4.98 Å². The van der Waals surface area contributed by atoms with Gasteiger partial charge in [-0.3, -0.25) is 4.79 Å². The number of aromatic nitrogens is 6. The Morgan fingerprint density at radius 1 is 1.26 bits per heavy atom. The standard InChI is InChI=1S/C18H19F3N8OS/c1-10-8-13(29-23-5-6-24-29)14(22-9-10)15(30)28-7-3-4-12(11(28)2)25-17-27-26-16(31-17)18(19,20)21/h5-6,8-9,11-12H,3-4,7H2,1-2H3,(H,25,27). The lowest BCUT2D eigenvalue weighted by Crippen LogP contribution is -2.52. The van der Waals surface area contributed by atoms with Crippen molar-refractivity contribution in [1.29, 1.82) is 0 Å². The Morgan fingerprint density at radius 3 is 2.68 bits per heavy atom. The Bertz CT molecular complexity index is 1070.